The van der Waals surface area contributed by atoms with Crippen molar-refractivity contribution in [1.29, 1.82) is 0 Å². The number of anilines is 1. The van der Waals surface area contributed by atoms with Gasteiger partial charge in [0.2, 0.25) is 0 Å². The molecule has 2 N–H and O–H groups in total. The summed E-state index contributed by atoms with van der Waals surface area (Å²) in [5.74, 6) is 0.529. The number of rotatable bonds is 7. The van der Waals surface area contributed by atoms with Gasteiger partial charge in [0.1, 0.15) is 5.60 Å². The van der Waals surface area contributed by atoms with Crippen LogP contribution in [0, 0.1) is 0 Å². The van der Waals surface area contributed by atoms with Gasteiger partial charge in [-0.3, -0.25) is 9.87 Å². The Balaban J connectivity index is 2.03. The molecule has 2 unspecified atom stereocenters. The zero-order valence-electron chi connectivity index (χ0n) is 18.2. The van der Waals surface area contributed by atoms with Gasteiger partial charge in [0.15, 0.2) is 0 Å². The minimum Gasteiger partial charge on any atom is -0.444 e. The molecule has 0 aromatic heterocycles. The Labute approximate surface area is 179 Å². The van der Waals surface area contributed by atoms with E-state index in [9.17, 15) is 13.2 Å². The van der Waals surface area contributed by atoms with Gasteiger partial charge < -0.3 is 4.74 Å². The molecule has 6 nitrogen and oxygen atoms in total. The van der Waals surface area contributed by atoms with Crippen LogP contribution in [0.4, 0.5) is 10.5 Å². The normalized spacial score (nSPS) is 14.1. The number of carbonyl (C=O) groups is 1. The number of hydrogen-bond acceptors (Lipinski definition) is 4. The standard InChI is InChI=1S/C23H31NO5S/c1-6-17(19-9-13-21(14-10-19)30(26,27)28)15-16(2)18-7-11-20(12-8-18)24-22(25)29-23(3,4)5/h7-14,16-17H,6,15H2,1-5H3,(H,24,25)(H,26,27,28). The first-order valence-corrected chi connectivity index (χ1v) is 11.5. The second kappa shape index (κ2) is 9.62. The molecule has 164 valence electrons. The van der Waals surface area contributed by atoms with Crippen molar-refractivity contribution >= 4 is 21.9 Å². The fourth-order valence-corrected chi connectivity index (χ4v) is 3.81. The molecule has 0 aliphatic rings. The average Bonchev–Trinajstić information content (AvgIpc) is 2.64. The maximum absolute atomic E-state index is 11.9. The molecule has 1 amide bonds. The van der Waals surface area contributed by atoms with E-state index in [1.54, 1.807) is 12.1 Å². The molecule has 0 aliphatic heterocycles. The molecule has 2 rings (SSSR count). The number of hydrogen-bond donors (Lipinski definition) is 2. The van der Waals surface area contributed by atoms with Gasteiger partial charge in [-0.1, -0.05) is 38.1 Å². The highest BCUT2D eigenvalue weighted by atomic mass is 32.2. The lowest BCUT2D eigenvalue weighted by Gasteiger charge is -2.21. The Morgan fingerprint density at radius 3 is 2.03 bits per heavy atom. The number of benzene rings is 2. The number of amides is 1. The fourth-order valence-electron chi connectivity index (χ4n) is 3.33. The lowest BCUT2D eigenvalue weighted by atomic mass is 9.84. The molecule has 2 aromatic carbocycles. The summed E-state index contributed by atoms with van der Waals surface area (Å²) in [5.41, 5.74) is 2.32. The van der Waals surface area contributed by atoms with Crippen LogP contribution in [0.3, 0.4) is 0 Å². The largest absolute Gasteiger partial charge is 0.444 e. The highest BCUT2D eigenvalue weighted by Gasteiger charge is 2.18. The SMILES string of the molecule is CCC(CC(C)c1ccc(NC(=O)OC(C)(C)C)cc1)c1ccc(S(=O)(=O)O)cc1. The summed E-state index contributed by atoms with van der Waals surface area (Å²) in [6, 6.07) is 14.1. The minimum atomic E-state index is -4.18. The van der Waals surface area contributed by atoms with Crippen molar-refractivity contribution in [1.82, 2.24) is 0 Å². The van der Waals surface area contributed by atoms with Crippen molar-refractivity contribution in [3.63, 3.8) is 0 Å². The Bertz CT molecular complexity index is 945. The number of nitrogens with one attached hydrogen (secondary N) is 1. The van der Waals surface area contributed by atoms with Gasteiger partial charge in [-0.15, -0.1) is 0 Å². The minimum absolute atomic E-state index is 0.0952. The van der Waals surface area contributed by atoms with Crippen molar-refractivity contribution in [2.75, 3.05) is 5.32 Å². The van der Waals surface area contributed by atoms with Crippen LogP contribution in [0.5, 0.6) is 0 Å². The lowest BCUT2D eigenvalue weighted by Crippen LogP contribution is -2.27. The van der Waals surface area contributed by atoms with E-state index in [4.69, 9.17) is 9.29 Å². The molecule has 0 aliphatic carbocycles. The van der Waals surface area contributed by atoms with Gasteiger partial charge in [0, 0.05) is 5.69 Å². The van der Waals surface area contributed by atoms with Gasteiger partial charge in [-0.05, 0) is 80.8 Å². The predicted molar refractivity (Wildman–Crippen MR) is 119 cm³/mol. The van der Waals surface area contributed by atoms with Crippen LogP contribution in [-0.4, -0.2) is 24.7 Å². The quantitative estimate of drug-likeness (QED) is 0.525. The molecule has 2 aromatic rings. The molecule has 0 saturated carbocycles. The van der Waals surface area contributed by atoms with Crippen molar-refractivity contribution in [2.45, 2.75) is 69.8 Å². The van der Waals surface area contributed by atoms with E-state index in [-0.39, 0.29) is 16.7 Å². The molecule has 0 bridgehead atoms. The second-order valence-electron chi connectivity index (χ2n) is 8.53. The summed E-state index contributed by atoms with van der Waals surface area (Å²) in [7, 11) is -4.18. The third-order valence-corrected chi connectivity index (χ3v) is 5.77. The van der Waals surface area contributed by atoms with Gasteiger partial charge in [-0.25, -0.2) is 4.79 Å². The van der Waals surface area contributed by atoms with Crippen LogP contribution in [0.25, 0.3) is 0 Å². The van der Waals surface area contributed by atoms with Crippen molar-refractivity contribution in [3.8, 4) is 0 Å². The Morgan fingerprint density at radius 1 is 1.03 bits per heavy atom. The molecule has 0 fully saturated rings. The summed E-state index contributed by atoms with van der Waals surface area (Å²) in [5, 5.41) is 2.73. The van der Waals surface area contributed by atoms with Crippen molar-refractivity contribution < 1.29 is 22.5 Å². The Kier molecular flexibility index (Phi) is 7.66. The van der Waals surface area contributed by atoms with E-state index in [2.05, 4.69) is 19.2 Å². The van der Waals surface area contributed by atoms with Gasteiger partial charge in [0.05, 0.1) is 4.90 Å². The van der Waals surface area contributed by atoms with E-state index in [1.165, 1.54) is 12.1 Å². The topological polar surface area (TPSA) is 92.7 Å². The molecule has 0 heterocycles. The molecular formula is C23H31NO5S. The molecular weight excluding hydrogens is 402 g/mol. The Hall–Kier alpha value is -2.38. The fraction of sp³-hybridized carbons (Fsp3) is 0.435. The van der Waals surface area contributed by atoms with E-state index in [1.807, 2.05) is 45.0 Å². The van der Waals surface area contributed by atoms with Crippen LogP contribution < -0.4 is 5.32 Å². The molecule has 0 radical (unpaired) electrons. The van der Waals surface area contributed by atoms with E-state index in [0.29, 0.717) is 5.69 Å². The summed E-state index contributed by atoms with van der Waals surface area (Å²) in [4.78, 5) is 11.8. The monoisotopic (exact) mass is 433 g/mol. The third kappa shape index (κ3) is 7.15. The first-order valence-electron chi connectivity index (χ1n) is 10.1. The first kappa shape index (κ1) is 23.9. The predicted octanol–water partition coefficient (Wildman–Crippen LogP) is 5.97. The van der Waals surface area contributed by atoms with E-state index < -0.39 is 21.8 Å². The van der Waals surface area contributed by atoms with Gasteiger partial charge >= 0.3 is 6.09 Å². The van der Waals surface area contributed by atoms with Crippen molar-refractivity contribution in [3.05, 3.63) is 59.7 Å². The zero-order valence-corrected chi connectivity index (χ0v) is 19.0. The van der Waals surface area contributed by atoms with Crippen LogP contribution in [0.2, 0.25) is 0 Å². The number of ether oxygens (including phenoxy) is 1. The van der Waals surface area contributed by atoms with Crippen LogP contribution in [-0.2, 0) is 14.9 Å². The second-order valence-corrected chi connectivity index (χ2v) is 9.96. The molecule has 30 heavy (non-hydrogen) atoms. The molecule has 0 saturated heterocycles. The van der Waals surface area contributed by atoms with E-state index in [0.717, 1.165) is 24.0 Å². The highest BCUT2D eigenvalue weighted by molar-refractivity contribution is 7.85. The van der Waals surface area contributed by atoms with Crippen LogP contribution >= 0.6 is 0 Å². The first-order chi connectivity index (χ1) is 13.9. The van der Waals surface area contributed by atoms with Crippen molar-refractivity contribution in [2.24, 2.45) is 0 Å². The maximum atomic E-state index is 11.9. The highest BCUT2D eigenvalue weighted by Crippen LogP contribution is 2.33. The maximum Gasteiger partial charge on any atom is 0.412 e. The third-order valence-electron chi connectivity index (χ3n) is 4.91. The van der Waals surface area contributed by atoms with Crippen LogP contribution in [0.15, 0.2) is 53.4 Å². The number of carbonyl (C=O) groups excluding carboxylic acids is 1. The molecule has 2 atom stereocenters. The van der Waals surface area contributed by atoms with Gasteiger partial charge in [-0.2, -0.15) is 8.42 Å². The summed E-state index contributed by atoms with van der Waals surface area (Å²) < 4.78 is 36.9. The Morgan fingerprint density at radius 2 is 1.57 bits per heavy atom. The summed E-state index contributed by atoms with van der Waals surface area (Å²) in [6.07, 6.45) is 1.32. The summed E-state index contributed by atoms with van der Waals surface area (Å²) >= 11 is 0. The average molecular weight is 434 g/mol. The smallest absolute Gasteiger partial charge is 0.412 e. The van der Waals surface area contributed by atoms with E-state index >= 15 is 0 Å². The molecule has 0 spiro atoms. The zero-order chi connectivity index (χ0) is 22.5. The van der Waals surface area contributed by atoms with Gasteiger partial charge in [0.25, 0.3) is 10.1 Å². The van der Waals surface area contributed by atoms with Crippen LogP contribution in [0.1, 0.15) is 70.4 Å². The summed E-state index contributed by atoms with van der Waals surface area (Å²) in [6.45, 7) is 9.70. The molecule has 7 heteroatoms. The lowest BCUT2D eigenvalue weighted by molar-refractivity contribution is 0.0636.